The molecular weight excluding hydrogens is 352 g/mol. The van der Waals surface area contributed by atoms with E-state index in [0.717, 1.165) is 5.56 Å². The first-order chi connectivity index (χ1) is 12.4. The zero-order chi connectivity index (χ0) is 19.0. The molecule has 0 bridgehead atoms. The third-order valence-corrected chi connectivity index (χ3v) is 4.99. The largest absolute Gasteiger partial charge is 0.484 e. The van der Waals surface area contributed by atoms with Crippen molar-refractivity contribution < 1.29 is 17.9 Å². The summed E-state index contributed by atoms with van der Waals surface area (Å²) in [4.78, 5) is 12.0. The van der Waals surface area contributed by atoms with Crippen molar-refractivity contribution in [3.05, 3.63) is 65.7 Å². The number of benzene rings is 2. The van der Waals surface area contributed by atoms with E-state index >= 15 is 0 Å². The second-order valence-electron chi connectivity index (χ2n) is 6.18. The number of carbonyl (C=O) groups is 1. The summed E-state index contributed by atoms with van der Waals surface area (Å²) in [6.45, 7) is 3.69. The third-order valence-electron chi connectivity index (χ3n) is 3.47. The van der Waals surface area contributed by atoms with Crippen LogP contribution < -0.4 is 14.8 Å². The molecule has 0 aliphatic carbocycles. The van der Waals surface area contributed by atoms with Crippen molar-refractivity contribution >= 4 is 15.9 Å². The van der Waals surface area contributed by atoms with Gasteiger partial charge in [0.1, 0.15) is 5.75 Å². The van der Waals surface area contributed by atoms with Gasteiger partial charge in [0.25, 0.3) is 5.91 Å². The van der Waals surface area contributed by atoms with Gasteiger partial charge in [-0.05, 0) is 37.1 Å². The Balaban J connectivity index is 1.92. The first kappa shape index (κ1) is 19.9. The number of hydrogen-bond donors (Lipinski definition) is 2. The lowest BCUT2D eigenvalue weighted by atomic mass is 10.1. The van der Waals surface area contributed by atoms with Crippen LogP contribution in [0.4, 0.5) is 0 Å². The molecule has 0 radical (unpaired) electrons. The maximum Gasteiger partial charge on any atom is 0.258 e. The van der Waals surface area contributed by atoms with Gasteiger partial charge in [0.15, 0.2) is 6.61 Å². The number of hydrogen-bond acceptors (Lipinski definition) is 4. The predicted molar refractivity (Wildman–Crippen MR) is 101 cm³/mol. The van der Waals surface area contributed by atoms with Crippen LogP contribution in [0.2, 0.25) is 0 Å². The molecule has 0 fully saturated rings. The van der Waals surface area contributed by atoms with Gasteiger partial charge < -0.3 is 10.1 Å². The molecule has 0 saturated heterocycles. The lowest BCUT2D eigenvalue weighted by Gasteiger charge is -2.13. The predicted octanol–water partition coefficient (Wildman–Crippen LogP) is 2.21. The van der Waals surface area contributed by atoms with E-state index in [4.69, 9.17) is 4.74 Å². The average molecular weight is 376 g/mol. The number of amides is 1. The van der Waals surface area contributed by atoms with Gasteiger partial charge in [-0.15, -0.1) is 0 Å². The van der Waals surface area contributed by atoms with Crippen LogP contribution in [0.15, 0.2) is 54.6 Å². The first-order valence-electron chi connectivity index (χ1n) is 8.37. The van der Waals surface area contributed by atoms with E-state index in [1.54, 1.807) is 44.2 Å². The van der Waals surface area contributed by atoms with E-state index in [1.165, 1.54) is 0 Å². The average Bonchev–Trinajstić information content (AvgIpc) is 2.58. The number of sulfonamides is 1. The maximum atomic E-state index is 12.1. The zero-order valence-electron chi connectivity index (χ0n) is 14.9. The molecule has 0 heterocycles. The Morgan fingerprint density at radius 2 is 1.62 bits per heavy atom. The van der Waals surface area contributed by atoms with Gasteiger partial charge in [0, 0.05) is 12.6 Å². The lowest BCUT2D eigenvalue weighted by Crippen LogP contribution is -2.32. The summed E-state index contributed by atoms with van der Waals surface area (Å²) in [5.74, 6) is 0.221. The smallest absolute Gasteiger partial charge is 0.258 e. The van der Waals surface area contributed by atoms with Crippen molar-refractivity contribution in [2.24, 2.45) is 0 Å². The van der Waals surface area contributed by atoms with E-state index in [-0.39, 0.29) is 30.9 Å². The molecule has 0 unspecified atom stereocenters. The highest BCUT2D eigenvalue weighted by atomic mass is 32.2. The standard InChI is InChI=1S/C19H24N2O4S/c1-15(2)21-26(23,24)14-17-9-7-6-8-16(17)12-20-19(22)13-25-18-10-4-3-5-11-18/h3-11,15,21H,12-14H2,1-2H3,(H,20,22). The van der Waals surface area contributed by atoms with Gasteiger partial charge in [-0.1, -0.05) is 42.5 Å². The van der Waals surface area contributed by atoms with Crippen LogP contribution in [0, 0.1) is 0 Å². The highest BCUT2D eigenvalue weighted by molar-refractivity contribution is 7.88. The number of para-hydroxylation sites is 1. The normalized spacial score (nSPS) is 11.3. The second kappa shape index (κ2) is 9.35. The van der Waals surface area contributed by atoms with Gasteiger partial charge in [0.2, 0.25) is 10.0 Å². The molecule has 0 saturated carbocycles. The fourth-order valence-corrected chi connectivity index (χ4v) is 3.88. The summed E-state index contributed by atoms with van der Waals surface area (Å²) >= 11 is 0. The molecule has 0 aliphatic heterocycles. The van der Waals surface area contributed by atoms with Gasteiger partial charge in [-0.25, -0.2) is 13.1 Å². The molecule has 7 heteroatoms. The minimum absolute atomic E-state index is 0.0978. The second-order valence-corrected chi connectivity index (χ2v) is 7.93. The molecule has 0 aromatic heterocycles. The van der Waals surface area contributed by atoms with Crippen molar-refractivity contribution in [1.29, 1.82) is 0 Å². The Morgan fingerprint density at radius 1 is 1.00 bits per heavy atom. The Labute approximate surface area is 154 Å². The molecular formula is C19H24N2O4S. The fraction of sp³-hybridized carbons (Fsp3) is 0.316. The Kier molecular flexibility index (Phi) is 7.17. The van der Waals surface area contributed by atoms with Crippen molar-refractivity contribution in [3.63, 3.8) is 0 Å². The van der Waals surface area contributed by atoms with Crippen LogP contribution >= 0.6 is 0 Å². The highest BCUT2D eigenvalue weighted by Crippen LogP contribution is 2.13. The van der Waals surface area contributed by atoms with Crippen LogP contribution in [0.25, 0.3) is 0 Å². The molecule has 0 spiro atoms. The van der Waals surface area contributed by atoms with E-state index in [2.05, 4.69) is 10.0 Å². The quantitative estimate of drug-likeness (QED) is 0.703. The SMILES string of the molecule is CC(C)NS(=O)(=O)Cc1ccccc1CNC(=O)COc1ccccc1. The minimum atomic E-state index is -3.43. The molecule has 2 aromatic rings. The van der Waals surface area contributed by atoms with E-state index < -0.39 is 10.0 Å². The van der Waals surface area contributed by atoms with Crippen LogP contribution in [0.1, 0.15) is 25.0 Å². The van der Waals surface area contributed by atoms with Crippen molar-refractivity contribution in [2.75, 3.05) is 6.61 Å². The Bertz CT molecular complexity index is 820. The molecule has 2 N–H and O–H groups in total. The van der Waals surface area contributed by atoms with Gasteiger partial charge in [-0.3, -0.25) is 4.79 Å². The molecule has 26 heavy (non-hydrogen) atoms. The highest BCUT2D eigenvalue weighted by Gasteiger charge is 2.15. The van der Waals surface area contributed by atoms with Gasteiger partial charge in [0.05, 0.1) is 5.75 Å². The van der Waals surface area contributed by atoms with Crippen LogP contribution in [0.5, 0.6) is 5.75 Å². The van der Waals surface area contributed by atoms with Gasteiger partial charge >= 0.3 is 0 Å². The fourth-order valence-electron chi connectivity index (χ4n) is 2.39. The van der Waals surface area contributed by atoms with Crippen molar-refractivity contribution in [2.45, 2.75) is 32.2 Å². The molecule has 0 aliphatic rings. The Hall–Kier alpha value is -2.38. The number of nitrogens with one attached hydrogen (secondary N) is 2. The summed E-state index contributed by atoms with van der Waals surface area (Å²) in [5.41, 5.74) is 1.42. The Morgan fingerprint density at radius 3 is 2.27 bits per heavy atom. The third kappa shape index (κ3) is 6.85. The zero-order valence-corrected chi connectivity index (χ0v) is 15.8. The molecule has 2 rings (SSSR count). The lowest BCUT2D eigenvalue weighted by molar-refractivity contribution is -0.123. The topological polar surface area (TPSA) is 84.5 Å². The minimum Gasteiger partial charge on any atom is -0.484 e. The van der Waals surface area contributed by atoms with Crippen molar-refractivity contribution in [1.82, 2.24) is 10.0 Å². The van der Waals surface area contributed by atoms with Crippen LogP contribution in [-0.2, 0) is 27.1 Å². The summed E-state index contributed by atoms with van der Waals surface area (Å²) in [6.07, 6.45) is 0. The monoisotopic (exact) mass is 376 g/mol. The van der Waals surface area contributed by atoms with Crippen LogP contribution in [0.3, 0.4) is 0 Å². The molecule has 2 aromatic carbocycles. The summed E-state index contributed by atoms with van der Waals surface area (Å²) in [5, 5.41) is 2.76. The molecule has 0 atom stereocenters. The van der Waals surface area contributed by atoms with E-state index in [1.807, 2.05) is 24.3 Å². The molecule has 140 valence electrons. The number of ether oxygens (including phenoxy) is 1. The molecule has 6 nitrogen and oxygen atoms in total. The molecule has 1 amide bonds. The first-order valence-corrected chi connectivity index (χ1v) is 10.0. The summed E-state index contributed by atoms with van der Waals surface area (Å²) in [7, 11) is -3.43. The maximum absolute atomic E-state index is 12.1. The number of rotatable bonds is 9. The van der Waals surface area contributed by atoms with Crippen LogP contribution in [-0.4, -0.2) is 27.0 Å². The summed E-state index contributed by atoms with van der Waals surface area (Å²) in [6, 6.07) is 16.1. The summed E-state index contributed by atoms with van der Waals surface area (Å²) < 4.78 is 32.2. The van der Waals surface area contributed by atoms with Gasteiger partial charge in [-0.2, -0.15) is 0 Å². The van der Waals surface area contributed by atoms with E-state index in [0.29, 0.717) is 11.3 Å². The number of carbonyl (C=O) groups excluding carboxylic acids is 1. The van der Waals surface area contributed by atoms with Crippen molar-refractivity contribution in [3.8, 4) is 5.75 Å². The van der Waals surface area contributed by atoms with E-state index in [9.17, 15) is 13.2 Å².